The topological polar surface area (TPSA) is 71.7 Å². The van der Waals surface area contributed by atoms with Crippen LogP contribution < -0.4 is 4.74 Å². The van der Waals surface area contributed by atoms with Crippen molar-refractivity contribution in [3.63, 3.8) is 0 Å². The Balaban J connectivity index is 1.19. The molecule has 8 heteroatoms. The van der Waals surface area contributed by atoms with Crippen LogP contribution >= 0.6 is 11.3 Å². The maximum absolute atomic E-state index is 11.9. The maximum Gasteiger partial charge on any atom is 0.281 e. The summed E-state index contributed by atoms with van der Waals surface area (Å²) < 4.78 is 13.1. The lowest BCUT2D eigenvalue weighted by molar-refractivity contribution is -0.139. The molecule has 2 atom stereocenters. The summed E-state index contributed by atoms with van der Waals surface area (Å²) in [6.07, 6.45) is 3.98. The van der Waals surface area contributed by atoms with Crippen LogP contribution in [-0.2, 0) is 11.3 Å². The average molecular weight is 435 g/mol. The normalized spacial score (nSPS) is 21.3. The van der Waals surface area contributed by atoms with E-state index in [4.69, 9.17) is 9.15 Å². The van der Waals surface area contributed by atoms with Crippen molar-refractivity contribution in [2.45, 2.75) is 38.4 Å². The van der Waals surface area contributed by atoms with Crippen molar-refractivity contribution in [1.82, 2.24) is 19.8 Å². The van der Waals surface area contributed by atoms with Crippen molar-refractivity contribution in [3.05, 3.63) is 48.4 Å². The molecule has 3 aliphatic rings. The first-order valence-corrected chi connectivity index (χ1v) is 11.4. The molecule has 2 bridgehead atoms. The highest BCUT2D eigenvalue weighted by atomic mass is 32.1. The van der Waals surface area contributed by atoms with E-state index in [-0.39, 0.29) is 5.91 Å². The lowest BCUT2D eigenvalue weighted by Gasteiger charge is -2.51. The second-order valence-electron chi connectivity index (χ2n) is 8.31. The molecule has 31 heavy (non-hydrogen) atoms. The van der Waals surface area contributed by atoms with Gasteiger partial charge in [-0.15, -0.1) is 0 Å². The van der Waals surface area contributed by atoms with Gasteiger partial charge in [0.15, 0.2) is 5.65 Å². The van der Waals surface area contributed by atoms with Gasteiger partial charge >= 0.3 is 0 Å². The first-order chi connectivity index (χ1) is 15.1. The number of fused-ring (bicyclic) bond motifs is 5. The highest BCUT2D eigenvalue weighted by molar-refractivity contribution is 7.20. The summed E-state index contributed by atoms with van der Waals surface area (Å²) in [6.45, 7) is 4.19. The molecule has 0 aliphatic carbocycles. The summed E-state index contributed by atoms with van der Waals surface area (Å²) in [6, 6.07) is 12.6. The van der Waals surface area contributed by atoms with E-state index in [0.29, 0.717) is 22.9 Å². The number of piperidine rings is 2. The number of amides is 1. The van der Waals surface area contributed by atoms with Gasteiger partial charge in [-0.1, -0.05) is 11.3 Å². The third kappa shape index (κ3) is 3.45. The zero-order chi connectivity index (χ0) is 20.9. The summed E-state index contributed by atoms with van der Waals surface area (Å²) >= 11 is 1.48. The van der Waals surface area contributed by atoms with Crippen LogP contribution in [0.5, 0.6) is 10.9 Å². The molecule has 0 N–H and O–H groups in total. The molecule has 1 aromatic carbocycles. The van der Waals surface area contributed by atoms with E-state index in [1.54, 1.807) is 13.1 Å². The minimum absolute atomic E-state index is 0.189. The molecule has 0 unspecified atom stereocenters. The molecule has 3 aliphatic heterocycles. The van der Waals surface area contributed by atoms with E-state index in [1.807, 2.05) is 35.2 Å². The Morgan fingerprint density at radius 2 is 2.13 bits per heavy atom. The summed E-state index contributed by atoms with van der Waals surface area (Å²) in [7, 11) is 0. The summed E-state index contributed by atoms with van der Waals surface area (Å²) in [4.78, 5) is 25.0. The molecule has 6 heterocycles. The summed E-state index contributed by atoms with van der Waals surface area (Å²) in [5.41, 5.74) is 1.55. The van der Waals surface area contributed by atoms with Crippen LogP contribution in [0.25, 0.3) is 21.3 Å². The molecule has 7 nitrogen and oxygen atoms in total. The van der Waals surface area contributed by atoms with Crippen molar-refractivity contribution < 1.29 is 13.9 Å². The smallest absolute Gasteiger partial charge is 0.281 e. The fraction of sp³-hybridized carbons (Fsp3) is 0.348. The third-order valence-electron chi connectivity index (χ3n) is 6.30. The van der Waals surface area contributed by atoms with Crippen LogP contribution in [0.1, 0.15) is 25.5 Å². The van der Waals surface area contributed by atoms with Crippen molar-refractivity contribution >= 4 is 38.6 Å². The number of furan rings is 1. The lowest BCUT2D eigenvalue weighted by atomic mass is 9.90. The molecule has 0 radical (unpaired) electrons. The van der Waals surface area contributed by atoms with Gasteiger partial charge in [-0.2, -0.15) is 4.98 Å². The molecule has 1 amide bonds. The number of benzene rings is 1. The Kier molecular flexibility index (Phi) is 4.43. The minimum Gasteiger partial charge on any atom is -0.460 e. The van der Waals surface area contributed by atoms with Crippen LogP contribution in [0.4, 0.5) is 0 Å². The Hall–Kier alpha value is -2.97. The Morgan fingerprint density at radius 1 is 1.23 bits per heavy atom. The molecule has 3 fully saturated rings. The third-order valence-corrected chi connectivity index (χ3v) is 7.18. The molecule has 3 aromatic heterocycles. The molecule has 3 saturated heterocycles. The molecule has 0 spiro atoms. The number of carbonyl (C=O) groups excluding carboxylic acids is 1. The van der Waals surface area contributed by atoms with E-state index in [0.717, 1.165) is 59.7 Å². The predicted molar refractivity (Wildman–Crippen MR) is 118 cm³/mol. The molecule has 158 valence electrons. The number of hydrogen-bond acceptors (Lipinski definition) is 7. The highest BCUT2D eigenvalue weighted by Crippen LogP contribution is 2.34. The van der Waals surface area contributed by atoms with Gasteiger partial charge in [0.25, 0.3) is 5.19 Å². The maximum atomic E-state index is 11.9. The first kappa shape index (κ1) is 18.8. The fourth-order valence-corrected chi connectivity index (χ4v) is 5.60. The van der Waals surface area contributed by atoms with Crippen molar-refractivity contribution in [2.75, 3.05) is 13.1 Å². The minimum atomic E-state index is 0.189. The number of hydrogen-bond donors (Lipinski definition) is 0. The fourth-order valence-electron chi connectivity index (χ4n) is 4.81. The largest absolute Gasteiger partial charge is 0.460 e. The number of carbonyl (C=O) groups is 1. The first-order valence-electron chi connectivity index (χ1n) is 10.6. The number of aromatic nitrogens is 2. The van der Waals surface area contributed by atoms with Gasteiger partial charge in [0.1, 0.15) is 17.1 Å². The van der Waals surface area contributed by atoms with Crippen molar-refractivity contribution in [1.29, 1.82) is 0 Å². The van der Waals surface area contributed by atoms with Crippen molar-refractivity contribution in [2.24, 2.45) is 0 Å². The average Bonchev–Trinajstić information content (AvgIpc) is 3.36. The number of pyridine rings is 1. The SMILES string of the molecule is CC(=O)N1C[C@@H]2CC[C@H]1CN2Cc1cc2cc(Oc3nc4ncccc4s3)ccc2o1. The number of piperazine rings is 1. The van der Waals surface area contributed by atoms with Crippen LogP contribution in [-0.4, -0.2) is 50.8 Å². The summed E-state index contributed by atoms with van der Waals surface area (Å²) in [5, 5.41) is 1.59. The number of nitrogens with zero attached hydrogens (tertiary/aromatic N) is 4. The van der Waals surface area contributed by atoms with Gasteiger partial charge < -0.3 is 14.1 Å². The van der Waals surface area contributed by atoms with Gasteiger partial charge in [-0.3, -0.25) is 9.69 Å². The van der Waals surface area contributed by atoms with Gasteiger partial charge in [-0.05, 0) is 49.2 Å². The van der Waals surface area contributed by atoms with Gasteiger partial charge in [0.2, 0.25) is 5.91 Å². The van der Waals surface area contributed by atoms with Crippen LogP contribution in [0.2, 0.25) is 0 Å². The Morgan fingerprint density at radius 3 is 2.94 bits per heavy atom. The zero-order valence-corrected chi connectivity index (χ0v) is 18.0. The van der Waals surface area contributed by atoms with Crippen molar-refractivity contribution in [3.8, 4) is 10.9 Å². The second kappa shape index (κ2) is 7.32. The van der Waals surface area contributed by atoms with Gasteiger partial charge in [0.05, 0.1) is 11.2 Å². The van der Waals surface area contributed by atoms with Crippen LogP contribution in [0, 0.1) is 0 Å². The highest BCUT2D eigenvalue weighted by Gasteiger charge is 2.40. The van der Waals surface area contributed by atoms with E-state index in [1.165, 1.54) is 11.3 Å². The molecule has 7 rings (SSSR count). The zero-order valence-electron chi connectivity index (χ0n) is 17.2. The molecule has 0 saturated carbocycles. The molecular formula is C23H22N4O3S. The van der Waals surface area contributed by atoms with E-state index in [2.05, 4.69) is 20.9 Å². The Bertz CT molecular complexity index is 1250. The molecular weight excluding hydrogens is 412 g/mol. The van der Waals surface area contributed by atoms with Gasteiger partial charge in [-0.25, -0.2) is 4.98 Å². The van der Waals surface area contributed by atoms with Crippen LogP contribution in [0.15, 0.2) is 47.0 Å². The quantitative estimate of drug-likeness (QED) is 0.473. The lowest BCUT2D eigenvalue weighted by Crippen LogP contribution is -2.63. The Labute approximate surface area is 183 Å². The van der Waals surface area contributed by atoms with E-state index >= 15 is 0 Å². The molecule has 4 aromatic rings. The standard InChI is InChI=1S/C23H22N4O3S/c1-14(28)27-12-16-4-5-17(27)11-26(16)13-19-10-15-9-18(6-7-20(15)29-19)30-23-25-22-21(31-23)3-2-8-24-22/h2-3,6-10,16-17H,4-5,11-13H2,1H3/t16-,17-/m0/s1. The van der Waals surface area contributed by atoms with Crippen LogP contribution in [0.3, 0.4) is 0 Å². The van der Waals surface area contributed by atoms with E-state index in [9.17, 15) is 4.79 Å². The van der Waals surface area contributed by atoms with E-state index < -0.39 is 0 Å². The second-order valence-corrected chi connectivity index (χ2v) is 9.30. The number of rotatable bonds is 4. The monoisotopic (exact) mass is 434 g/mol. The predicted octanol–water partition coefficient (Wildman–Crippen LogP) is 4.42. The number of ether oxygens (including phenoxy) is 1. The number of thiazole rings is 1. The summed E-state index contributed by atoms with van der Waals surface area (Å²) in [5.74, 6) is 1.86. The van der Waals surface area contributed by atoms with Gasteiger partial charge in [0, 0.05) is 43.7 Å².